The van der Waals surface area contributed by atoms with Crippen LogP contribution < -0.4 is 0 Å². The topological polar surface area (TPSA) is 0 Å². The first-order valence-electron chi connectivity index (χ1n) is 3.06. The second kappa shape index (κ2) is 5.96. The van der Waals surface area contributed by atoms with Gasteiger partial charge >= 0.3 is 0 Å². The van der Waals surface area contributed by atoms with Gasteiger partial charge in [-0.05, 0) is 12.8 Å². The minimum atomic E-state index is 1.20. The summed E-state index contributed by atoms with van der Waals surface area (Å²) in [6.45, 7) is 2.17. The fourth-order valence-corrected chi connectivity index (χ4v) is 0.785. The highest BCUT2D eigenvalue weighted by Crippen LogP contribution is 1.87. The molecule has 0 fully saturated rings. The van der Waals surface area contributed by atoms with E-state index in [1.807, 2.05) is 0 Å². The van der Waals surface area contributed by atoms with Gasteiger partial charge in [-0.3, -0.25) is 0 Å². The monoisotopic (exact) mass is 114 g/mol. The molecule has 0 N–H and O–H groups in total. The first-order chi connectivity index (χ1) is 3.41. The Labute approximate surface area is 49.0 Å². The standard InChI is InChI=1S/C6H14Si/c1-2-3-4-5-6-7/h3-4H,2,5-6H2,1,7H3. The van der Waals surface area contributed by atoms with E-state index in [0.29, 0.717) is 0 Å². The average molecular weight is 114 g/mol. The molecule has 0 aliphatic carbocycles. The van der Waals surface area contributed by atoms with Gasteiger partial charge in [-0.1, -0.05) is 25.1 Å². The van der Waals surface area contributed by atoms with E-state index >= 15 is 0 Å². The molecule has 0 heterocycles. The van der Waals surface area contributed by atoms with Crippen molar-refractivity contribution in [3.63, 3.8) is 0 Å². The molecule has 0 nitrogen and oxygen atoms in total. The van der Waals surface area contributed by atoms with Crippen LogP contribution in [-0.2, 0) is 0 Å². The second-order valence-corrected chi connectivity index (χ2v) is 2.67. The molecule has 0 saturated heterocycles. The summed E-state index contributed by atoms with van der Waals surface area (Å²) < 4.78 is 0. The summed E-state index contributed by atoms with van der Waals surface area (Å²) in [6.07, 6.45) is 7.01. The van der Waals surface area contributed by atoms with E-state index in [4.69, 9.17) is 0 Å². The first-order valence-corrected chi connectivity index (χ1v) is 4.48. The van der Waals surface area contributed by atoms with E-state index in [9.17, 15) is 0 Å². The maximum absolute atomic E-state index is 2.27. The summed E-state index contributed by atoms with van der Waals surface area (Å²) in [4.78, 5) is 0. The fourth-order valence-electron chi connectivity index (χ4n) is 0.451. The molecular formula is C6H14Si. The van der Waals surface area contributed by atoms with E-state index in [0.717, 1.165) is 0 Å². The molecule has 0 bridgehead atoms. The van der Waals surface area contributed by atoms with Gasteiger partial charge in [-0.2, -0.15) is 0 Å². The van der Waals surface area contributed by atoms with Gasteiger partial charge in [0.25, 0.3) is 0 Å². The van der Waals surface area contributed by atoms with Crippen LogP contribution in [0.15, 0.2) is 12.2 Å². The number of hydrogen-bond acceptors (Lipinski definition) is 0. The summed E-state index contributed by atoms with van der Waals surface area (Å²) in [7, 11) is 1.35. The first kappa shape index (κ1) is 6.96. The molecular weight excluding hydrogens is 100 g/mol. The number of allylic oxidation sites excluding steroid dienone is 2. The van der Waals surface area contributed by atoms with Crippen LogP contribution in [0.2, 0.25) is 6.04 Å². The van der Waals surface area contributed by atoms with E-state index in [2.05, 4.69) is 19.1 Å². The zero-order chi connectivity index (χ0) is 5.54. The number of hydrogen-bond donors (Lipinski definition) is 0. The second-order valence-electron chi connectivity index (χ2n) is 1.67. The molecule has 0 rings (SSSR count). The molecule has 42 valence electrons. The van der Waals surface area contributed by atoms with Gasteiger partial charge in [0.2, 0.25) is 0 Å². The van der Waals surface area contributed by atoms with Crippen LogP contribution in [0.3, 0.4) is 0 Å². The van der Waals surface area contributed by atoms with Gasteiger partial charge in [0.15, 0.2) is 0 Å². The minimum absolute atomic E-state index is 1.20. The molecule has 0 aliphatic rings. The van der Waals surface area contributed by atoms with E-state index in [1.54, 1.807) is 0 Å². The third-order valence-electron chi connectivity index (χ3n) is 0.858. The van der Waals surface area contributed by atoms with Crippen LogP contribution in [0.1, 0.15) is 19.8 Å². The molecule has 7 heavy (non-hydrogen) atoms. The zero-order valence-electron chi connectivity index (χ0n) is 5.28. The van der Waals surface area contributed by atoms with Crippen molar-refractivity contribution in [2.45, 2.75) is 25.8 Å². The summed E-state index contributed by atoms with van der Waals surface area (Å²) >= 11 is 0. The minimum Gasteiger partial charge on any atom is -0.0889 e. The van der Waals surface area contributed by atoms with Crippen molar-refractivity contribution in [2.24, 2.45) is 0 Å². The molecule has 0 aromatic heterocycles. The van der Waals surface area contributed by atoms with Crippen LogP contribution >= 0.6 is 0 Å². The highest BCUT2D eigenvalue weighted by atomic mass is 28.1. The molecule has 0 spiro atoms. The SMILES string of the molecule is CCC=CCC[SiH3]. The Bertz CT molecular complexity index is 48.1. The van der Waals surface area contributed by atoms with Crippen molar-refractivity contribution >= 4 is 10.2 Å². The lowest BCUT2D eigenvalue weighted by molar-refractivity contribution is 1.15. The smallest absolute Gasteiger partial charge is 0.00319 e. The van der Waals surface area contributed by atoms with E-state index in [-0.39, 0.29) is 0 Å². The van der Waals surface area contributed by atoms with Crippen LogP contribution in [-0.4, -0.2) is 10.2 Å². The van der Waals surface area contributed by atoms with Crippen LogP contribution in [0.25, 0.3) is 0 Å². The van der Waals surface area contributed by atoms with Gasteiger partial charge < -0.3 is 0 Å². The van der Waals surface area contributed by atoms with Gasteiger partial charge in [-0.15, -0.1) is 0 Å². The van der Waals surface area contributed by atoms with Crippen molar-refractivity contribution in [3.05, 3.63) is 12.2 Å². The molecule has 0 aliphatic heterocycles. The maximum Gasteiger partial charge on any atom is 0.00319 e. The summed E-state index contributed by atoms with van der Waals surface area (Å²) in [6, 6.07) is 1.41. The molecule has 0 atom stereocenters. The largest absolute Gasteiger partial charge is 0.0889 e. The van der Waals surface area contributed by atoms with Crippen LogP contribution in [0, 0.1) is 0 Å². The lowest BCUT2D eigenvalue weighted by atomic mass is 10.4. The molecule has 0 amide bonds. The normalized spacial score (nSPS) is 11.0. The number of rotatable bonds is 3. The predicted octanol–water partition coefficient (Wildman–Crippen LogP) is 1.13. The molecule has 0 aromatic rings. The summed E-state index contributed by atoms with van der Waals surface area (Å²) in [5, 5.41) is 0. The highest BCUT2D eigenvalue weighted by molar-refractivity contribution is 6.08. The van der Waals surface area contributed by atoms with Crippen LogP contribution in [0.5, 0.6) is 0 Å². The highest BCUT2D eigenvalue weighted by Gasteiger charge is 1.68. The molecule has 0 radical (unpaired) electrons. The van der Waals surface area contributed by atoms with Crippen molar-refractivity contribution in [2.75, 3.05) is 0 Å². The Hall–Kier alpha value is -0.0431. The quantitative estimate of drug-likeness (QED) is 0.381. The summed E-state index contributed by atoms with van der Waals surface area (Å²) in [5.41, 5.74) is 0. The lowest BCUT2D eigenvalue weighted by Gasteiger charge is -1.79. The predicted molar refractivity (Wildman–Crippen MR) is 38.8 cm³/mol. The lowest BCUT2D eigenvalue weighted by Crippen LogP contribution is -1.62. The van der Waals surface area contributed by atoms with Crippen molar-refractivity contribution in [1.29, 1.82) is 0 Å². The molecule has 0 aromatic carbocycles. The summed E-state index contributed by atoms with van der Waals surface area (Å²) in [5.74, 6) is 0. The van der Waals surface area contributed by atoms with E-state index in [1.165, 1.54) is 29.1 Å². The maximum atomic E-state index is 2.27. The zero-order valence-corrected chi connectivity index (χ0v) is 7.28. The van der Waals surface area contributed by atoms with Crippen molar-refractivity contribution in [1.82, 2.24) is 0 Å². The van der Waals surface area contributed by atoms with Crippen molar-refractivity contribution in [3.8, 4) is 0 Å². The molecule has 1 heteroatoms. The van der Waals surface area contributed by atoms with Gasteiger partial charge in [-0.25, -0.2) is 0 Å². The molecule has 0 saturated carbocycles. The Balaban J connectivity index is 2.78. The Morgan fingerprint density at radius 1 is 1.43 bits per heavy atom. The van der Waals surface area contributed by atoms with Gasteiger partial charge in [0, 0.05) is 10.2 Å². The Kier molecular flexibility index (Phi) is 5.92. The third-order valence-corrected chi connectivity index (χ3v) is 1.44. The van der Waals surface area contributed by atoms with E-state index < -0.39 is 0 Å². The Morgan fingerprint density at radius 2 is 2.14 bits per heavy atom. The third kappa shape index (κ3) is 5.96. The van der Waals surface area contributed by atoms with Gasteiger partial charge in [0.1, 0.15) is 0 Å². The average Bonchev–Trinajstić information content (AvgIpc) is 1.69. The van der Waals surface area contributed by atoms with Gasteiger partial charge in [0.05, 0.1) is 0 Å². The Morgan fingerprint density at radius 3 is 2.57 bits per heavy atom. The van der Waals surface area contributed by atoms with Crippen molar-refractivity contribution < 1.29 is 0 Å². The molecule has 0 unspecified atom stereocenters. The fraction of sp³-hybridized carbons (Fsp3) is 0.667. The van der Waals surface area contributed by atoms with Crippen LogP contribution in [0.4, 0.5) is 0 Å².